The number of anilines is 2. The van der Waals surface area contributed by atoms with Crippen LogP contribution < -0.4 is 10.6 Å². The summed E-state index contributed by atoms with van der Waals surface area (Å²) in [5.41, 5.74) is -0.352. The third-order valence-corrected chi connectivity index (χ3v) is 4.23. The van der Waals surface area contributed by atoms with E-state index >= 15 is 0 Å². The second-order valence-corrected chi connectivity index (χ2v) is 6.58. The van der Waals surface area contributed by atoms with Crippen LogP contribution in [-0.2, 0) is 0 Å². The molecule has 1 aliphatic rings. The van der Waals surface area contributed by atoms with Gasteiger partial charge in [0.15, 0.2) is 5.82 Å². The third-order valence-electron chi connectivity index (χ3n) is 3.87. The highest BCUT2D eigenvalue weighted by atomic mass is 35.5. The SMILES string of the molecule is C[C@@H](Nc1nc(N[C@H](C)C(F)(F)F)nc(C2=C(F)C(O)C(Cl)=CC2)n1)C(F)(F)F. The number of allylic oxidation sites excluding steroid dienone is 2. The van der Waals surface area contributed by atoms with Gasteiger partial charge in [0.1, 0.15) is 24.0 Å². The van der Waals surface area contributed by atoms with E-state index in [-0.39, 0.29) is 17.0 Å². The van der Waals surface area contributed by atoms with Crippen LogP contribution in [0.5, 0.6) is 0 Å². The van der Waals surface area contributed by atoms with Gasteiger partial charge in [0.05, 0.1) is 0 Å². The van der Waals surface area contributed by atoms with Crippen molar-refractivity contribution in [3.63, 3.8) is 0 Å². The van der Waals surface area contributed by atoms with E-state index in [9.17, 15) is 35.8 Å². The van der Waals surface area contributed by atoms with Crippen LogP contribution >= 0.6 is 11.6 Å². The fourth-order valence-corrected chi connectivity index (χ4v) is 2.26. The molecule has 0 spiro atoms. The number of aliphatic hydroxyl groups is 1. The van der Waals surface area contributed by atoms with Crippen LogP contribution in [0.2, 0.25) is 0 Å². The Balaban J connectivity index is 2.47. The maximum absolute atomic E-state index is 14.3. The molecular weight excluding hydrogens is 435 g/mol. The highest BCUT2D eigenvalue weighted by Gasteiger charge is 2.38. The predicted octanol–water partition coefficient (Wildman–Crippen LogP) is 4.16. The molecule has 1 aliphatic carbocycles. The zero-order valence-electron chi connectivity index (χ0n) is 14.8. The summed E-state index contributed by atoms with van der Waals surface area (Å²) in [7, 11) is 0. The smallest absolute Gasteiger partial charge is 0.380 e. The molecule has 0 fully saturated rings. The van der Waals surface area contributed by atoms with E-state index < -0.39 is 54.1 Å². The fraction of sp³-hybridized carbons (Fsp3) is 0.533. The molecule has 1 aromatic heterocycles. The number of nitrogens with zero attached hydrogens (tertiary/aromatic N) is 3. The maximum atomic E-state index is 14.3. The van der Waals surface area contributed by atoms with E-state index in [4.69, 9.17) is 11.6 Å². The van der Waals surface area contributed by atoms with E-state index in [1.807, 2.05) is 10.6 Å². The quantitative estimate of drug-likeness (QED) is 0.585. The zero-order chi connectivity index (χ0) is 22.1. The van der Waals surface area contributed by atoms with Crippen LogP contribution in [0.4, 0.5) is 42.6 Å². The molecular formula is C15H15ClF7N5O. The van der Waals surface area contributed by atoms with E-state index in [1.165, 1.54) is 6.08 Å². The molecule has 1 aromatic rings. The summed E-state index contributed by atoms with van der Waals surface area (Å²) >= 11 is 5.62. The first-order chi connectivity index (χ1) is 13.2. The fourth-order valence-electron chi connectivity index (χ4n) is 2.08. The Labute approximate surface area is 164 Å². The average molecular weight is 450 g/mol. The van der Waals surface area contributed by atoms with Gasteiger partial charge in [-0.3, -0.25) is 0 Å². The predicted molar refractivity (Wildman–Crippen MR) is 90.7 cm³/mol. The summed E-state index contributed by atoms with van der Waals surface area (Å²) in [6, 6.07) is -4.31. The van der Waals surface area contributed by atoms with Gasteiger partial charge in [-0.1, -0.05) is 17.7 Å². The maximum Gasteiger partial charge on any atom is 0.408 e. The molecule has 1 heterocycles. The lowest BCUT2D eigenvalue weighted by Crippen LogP contribution is -2.35. The van der Waals surface area contributed by atoms with Gasteiger partial charge in [-0.25, -0.2) is 4.39 Å². The summed E-state index contributed by atoms with van der Waals surface area (Å²) < 4.78 is 91.1. The Hall–Kier alpha value is -2.15. The van der Waals surface area contributed by atoms with Crippen molar-refractivity contribution in [2.45, 2.75) is 50.8 Å². The van der Waals surface area contributed by atoms with Gasteiger partial charge in [-0.2, -0.15) is 41.3 Å². The van der Waals surface area contributed by atoms with Crippen molar-refractivity contribution >= 4 is 29.1 Å². The van der Waals surface area contributed by atoms with Crippen LogP contribution in [0.3, 0.4) is 0 Å². The van der Waals surface area contributed by atoms with Crippen LogP contribution in [0.1, 0.15) is 26.1 Å². The number of hydrogen-bond acceptors (Lipinski definition) is 6. The Kier molecular flexibility index (Phi) is 6.62. The molecule has 0 aliphatic heterocycles. The number of aromatic nitrogens is 3. The van der Waals surface area contributed by atoms with Gasteiger partial charge in [0.25, 0.3) is 0 Å². The van der Waals surface area contributed by atoms with Crippen molar-refractivity contribution in [3.05, 3.63) is 22.8 Å². The van der Waals surface area contributed by atoms with Gasteiger partial charge in [-0.15, -0.1) is 0 Å². The normalized spacial score (nSPS) is 20.2. The second-order valence-electron chi connectivity index (χ2n) is 6.14. The lowest BCUT2D eigenvalue weighted by molar-refractivity contribution is -0.139. The van der Waals surface area contributed by atoms with Crippen LogP contribution in [0.25, 0.3) is 5.57 Å². The Bertz CT molecular complexity index is 784. The highest BCUT2D eigenvalue weighted by molar-refractivity contribution is 6.30. The number of aliphatic hydroxyl groups excluding tert-OH is 1. The molecule has 3 atom stereocenters. The molecule has 162 valence electrons. The molecule has 0 radical (unpaired) electrons. The topological polar surface area (TPSA) is 83.0 Å². The van der Waals surface area contributed by atoms with Crippen LogP contribution in [0.15, 0.2) is 16.9 Å². The highest BCUT2D eigenvalue weighted by Crippen LogP contribution is 2.34. The summed E-state index contributed by atoms with van der Waals surface area (Å²) in [5.74, 6) is -3.18. The Morgan fingerprint density at radius 3 is 1.86 bits per heavy atom. The van der Waals surface area contributed by atoms with Gasteiger partial charge >= 0.3 is 12.4 Å². The first-order valence-electron chi connectivity index (χ1n) is 8.05. The van der Waals surface area contributed by atoms with E-state index in [0.29, 0.717) is 0 Å². The minimum Gasteiger partial charge on any atom is -0.380 e. The largest absolute Gasteiger partial charge is 0.408 e. The van der Waals surface area contributed by atoms with Crippen molar-refractivity contribution in [2.24, 2.45) is 0 Å². The molecule has 1 unspecified atom stereocenters. The summed E-state index contributed by atoms with van der Waals surface area (Å²) in [4.78, 5) is 10.8. The monoisotopic (exact) mass is 449 g/mol. The number of alkyl halides is 6. The first-order valence-corrected chi connectivity index (χ1v) is 8.43. The number of hydrogen-bond donors (Lipinski definition) is 3. The van der Waals surface area contributed by atoms with Gasteiger partial charge in [-0.05, 0) is 20.3 Å². The van der Waals surface area contributed by atoms with Crippen LogP contribution in [0, 0.1) is 0 Å². The molecule has 6 nitrogen and oxygen atoms in total. The minimum absolute atomic E-state index is 0.228. The number of halogens is 8. The third kappa shape index (κ3) is 5.69. The standard InChI is InChI=1S/C15H15ClF7N5O/c1-5(14(18,19)20)24-12-26-11(7-3-4-8(16)10(29)9(7)17)27-13(28-12)25-6(2)15(21,22)23/h4-6,10,29H,3H2,1-2H3,(H2,24,25,26,27,28)/t5-,6-,10?/m1/s1. The van der Waals surface area contributed by atoms with Crippen LogP contribution in [-0.4, -0.2) is 50.6 Å². The van der Waals surface area contributed by atoms with Gasteiger partial charge in [0.2, 0.25) is 11.9 Å². The van der Waals surface area contributed by atoms with Crippen molar-refractivity contribution < 1.29 is 35.8 Å². The average Bonchev–Trinajstić information content (AvgIpc) is 2.58. The van der Waals surface area contributed by atoms with E-state index in [0.717, 1.165) is 13.8 Å². The van der Waals surface area contributed by atoms with E-state index in [1.54, 1.807) is 0 Å². The molecule has 0 aromatic carbocycles. The number of nitrogens with one attached hydrogen (secondary N) is 2. The zero-order valence-corrected chi connectivity index (χ0v) is 15.6. The van der Waals surface area contributed by atoms with Gasteiger partial charge < -0.3 is 15.7 Å². The van der Waals surface area contributed by atoms with Crippen molar-refractivity contribution in [1.29, 1.82) is 0 Å². The van der Waals surface area contributed by atoms with Crippen molar-refractivity contribution in [1.82, 2.24) is 15.0 Å². The minimum atomic E-state index is -4.71. The summed E-state index contributed by atoms with van der Waals surface area (Å²) in [5, 5.41) is 13.2. The lowest BCUT2D eigenvalue weighted by Gasteiger charge is -2.21. The lowest BCUT2D eigenvalue weighted by atomic mass is 10.0. The molecule has 0 saturated heterocycles. The molecule has 3 N–H and O–H groups in total. The first kappa shape index (κ1) is 23.1. The molecule has 0 amide bonds. The van der Waals surface area contributed by atoms with Crippen molar-refractivity contribution in [3.8, 4) is 0 Å². The molecule has 14 heteroatoms. The van der Waals surface area contributed by atoms with E-state index in [2.05, 4.69) is 15.0 Å². The molecule has 0 bridgehead atoms. The summed E-state index contributed by atoms with van der Waals surface area (Å²) in [6.07, 6.45) is -10.3. The van der Waals surface area contributed by atoms with Crippen molar-refractivity contribution in [2.75, 3.05) is 10.6 Å². The summed E-state index contributed by atoms with van der Waals surface area (Å²) in [6.45, 7) is 1.48. The molecule has 2 rings (SSSR count). The number of rotatable bonds is 5. The Morgan fingerprint density at radius 1 is 1.00 bits per heavy atom. The molecule has 29 heavy (non-hydrogen) atoms. The second kappa shape index (κ2) is 8.30. The molecule has 0 saturated carbocycles. The van der Waals surface area contributed by atoms with Gasteiger partial charge in [0, 0.05) is 10.6 Å². The Morgan fingerprint density at radius 2 is 1.45 bits per heavy atom.